The van der Waals surface area contributed by atoms with Crippen LogP contribution in [0.4, 0.5) is 20.6 Å². The number of terminal acetylenes is 1. The Bertz CT molecular complexity index is 771. The molecular formula is C20H21FN2O2. The highest BCUT2D eigenvalue weighted by Gasteiger charge is 2.13. The molecule has 0 fully saturated rings. The minimum atomic E-state index is -0.509. The Labute approximate surface area is 147 Å². The number of hydrogen-bond acceptors (Lipinski definition) is 3. The summed E-state index contributed by atoms with van der Waals surface area (Å²) in [7, 11) is 1.33. The summed E-state index contributed by atoms with van der Waals surface area (Å²) in [6.45, 7) is 4.80. The minimum Gasteiger partial charge on any atom is -0.453 e. The number of benzene rings is 2. The second kappa shape index (κ2) is 8.20. The van der Waals surface area contributed by atoms with Crippen LogP contribution in [-0.4, -0.2) is 19.7 Å². The van der Waals surface area contributed by atoms with Crippen LogP contribution in [0.15, 0.2) is 36.4 Å². The molecule has 0 aromatic heterocycles. The topological polar surface area (TPSA) is 41.6 Å². The van der Waals surface area contributed by atoms with Crippen LogP contribution in [0.2, 0.25) is 0 Å². The van der Waals surface area contributed by atoms with Crippen molar-refractivity contribution in [3.05, 3.63) is 58.9 Å². The van der Waals surface area contributed by atoms with E-state index in [1.54, 1.807) is 12.1 Å². The second-order valence-corrected chi connectivity index (χ2v) is 5.76. The maximum absolute atomic E-state index is 13.1. The molecule has 0 bridgehead atoms. The Hall–Kier alpha value is -3.00. The fraction of sp³-hybridized carbons (Fsp3) is 0.250. The summed E-state index contributed by atoms with van der Waals surface area (Å²) in [5.41, 5.74) is 4.43. The van der Waals surface area contributed by atoms with Crippen molar-refractivity contribution in [2.24, 2.45) is 0 Å². The first-order valence-corrected chi connectivity index (χ1v) is 7.83. The number of hydrogen-bond donors (Lipinski definition) is 1. The first-order valence-electron chi connectivity index (χ1n) is 7.83. The number of rotatable bonds is 5. The van der Waals surface area contributed by atoms with E-state index >= 15 is 0 Å². The highest BCUT2D eigenvalue weighted by Crippen LogP contribution is 2.28. The molecule has 0 atom stereocenters. The molecule has 5 heteroatoms. The summed E-state index contributed by atoms with van der Waals surface area (Å²) in [6, 6.07) is 10.3. The normalized spacial score (nSPS) is 10.0. The molecule has 2 aromatic carbocycles. The number of carbonyl (C=O) groups excluding carboxylic acids is 1. The summed E-state index contributed by atoms with van der Waals surface area (Å²) in [4.78, 5) is 13.5. The van der Waals surface area contributed by atoms with Gasteiger partial charge >= 0.3 is 6.09 Å². The number of nitrogens with one attached hydrogen (secondary N) is 1. The van der Waals surface area contributed by atoms with E-state index in [4.69, 9.17) is 6.42 Å². The monoisotopic (exact) mass is 340 g/mol. The van der Waals surface area contributed by atoms with E-state index in [-0.39, 0.29) is 5.82 Å². The molecule has 0 saturated carbocycles. The van der Waals surface area contributed by atoms with Gasteiger partial charge in [-0.2, -0.15) is 0 Å². The molecule has 1 N–H and O–H groups in total. The van der Waals surface area contributed by atoms with Crippen molar-refractivity contribution in [3.8, 4) is 12.3 Å². The largest absolute Gasteiger partial charge is 0.453 e. The van der Waals surface area contributed by atoms with Gasteiger partial charge in [-0.05, 0) is 54.8 Å². The predicted octanol–water partition coefficient (Wildman–Crippen LogP) is 4.26. The van der Waals surface area contributed by atoms with Crippen molar-refractivity contribution >= 4 is 17.5 Å². The van der Waals surface area contributed by atoms with Crippen LogP contribution in [-0.2, 0) is 11.3 Å². The number of halogens is 1. The standard InChI is InChI=1S/C20H21FN2O2/c1-5-10-23(13-16-6-8-17(21)9-7-16)18-11-14(2)19(15(3)12-18)22-20(24)25-4/h1,6-9,11-12H,10,13H2,2-4H3,(H,22,24). The van der Waals surface area contributed by atoms with Crippen molar-refractivity contribution in [1.82, 2.24) is 0 Å². The van der Waals surface area contributed by atoms with E-state index in [1.807, 2.05) is 30.9 Å². The second-order valence-electron chi connectivity index (χ2n) is 5.76. The van der Waals surface area contributed by atoms with E-state index in [1.165, 1.54) is 19.2 Å². The lowest BCUT2D eigenvalue weighted by atomic mass is 10.1. The number of nitrogens with zero attached hydrogens (tertiary/aromatic N) is 1. The Morgan fingerprint density at radius 1 is 1.24 bits per heavy atom. The molecule has 4 nitrogen and oxygen atoms in total. The number of anilines is 2. The van der Waals surface area contributed by atoms with Crippen LogP contribution in [0.3, 0.4) is 0 Å². The van der Waals surface area contributed by atoms with Crippen LogP contribution in [0.5, 0.6) is 0 Å². The molecule has 2 rings (SSSR count). The van der Waals surface area contributed by atoms with Crippen molar-refractivity contribution in [1.29, 1.82) is 0 Å². The summed E-state index contributed by atoms with van der Waals surface area (Å²) in [6.07, 6.45) is 5.00. The van der Waals surface area contributed by atoms with Crippen LogP contribution in [0, 0.1) is 32.0 Å². The molecule has 0 aliphatic carbocycles. The molecule has 0 aliphatic rings. The molecule has 0 radical (unpaired) electrons. The van der Waals surface area contributed by atoms with Gasteiger partial charge in [-0.25, -0.2) is 9.18 Å². The molecule has 25 heavy (non-hydrogen) atoms. The maximum Gasteiger partial charge on any atom is 0.411 e. The number of methoxy groups -OCH3 is 1. The molecule has 0 spiro atoms. The third-order valence-corrected chi connectivity index (χ3v) is 3.86. The van der Waals surface area contributed by atoms with Gasteiger partial charge in [0.05, 0.1) is 13.7 Å². The van der Waals surface area contributed by atoms with Crippen LogP contribution < -0.4 is 10.2 Å². The number of amides is 1. The molecule has 2 aromatic rings. The van der Waals surface area contributed by atoms with Crippen molar-refractivity contribution in [3.63, 3.8) is 0 Å². The summed E-state index contributed by atoms with van der Waals surface area (Å²) in [5, 5.41) is 2.72. The summed E-state index contributed by atoms with van der Waals surface area (Å²) < 4.78 is 17.7. The maximum atomic E-state index is 13.1. The Morgan fingerprint density at radius 2 is 1.84 bits per heavy atom. The quantitative estimate of drug-likeness (QED) is 0.827. The third-order valence-electron chi connectivity index (χ3n) is 3.86. The fourth-order valence-electron chi connectivity index (χ4n) is 2.63. The van der Waals surface area contributed by atoms with Gasteiger partial charge in [-0.15, -0.1) is 6.42 Å². The lowest BCUT2D eigenvalue weighted by molar-refractivity contribution is 0.187. The molecular weight excluding hydrogens is 319 g/mol. The van der Waals surface area contributed by atoms with Gasteiger partial charge in [0, 0.05) is 17.9 Å². The van der Waals surface area contributed by atoms with E-state index in [9.17, 15) is 9.18 Å². The first-order chi connectivity index (χ1) is 11.9. The summed E-state index contributed by atoms with van der Waals surface area (Å²) in [5.74, 6) is 2.39. The van der Waals surface area contributed by atoms with Gasteiger partial charge in [0.15, 0.2) is 0 Å². The Morgan fingerprint density at radius 3 is 2.36 bits per heavy atom. The molecule has 0 heterocycles. The van der Waals surface area contributed by atoms with Crippen molar-refractivity contribution < 1.29 is 13.9 Å². The first kappa shape index (κ1) is 18.3. The smallest absolute Gasteiger partial charge is 0.411 e. The molecule has 130 valence electrons. The minimum absolute atomic E-state index is 0.267. The van der Waals surface area contributed by atoms with Gasteiger partial charge in [0.25, 0.3) is 0 Å². The van der Waals surface area contributed by atoms with Gasteiger partial charge in [0.2, 0.25) is 0 Å². The third kappa shape index (κ3) is 4.74. The highest BCUT2D eigenvalue weighted by atomic mass is 19.1. The average molecular weight is 340 g/mol. The van der Waals surface area contributed by atoms with E-state index in [0.29, 0.717) is 13.1 Å². The van der Waals surface area contributed by atoms with Crippen LogP contribution in [0.1, 0.15) is 16.7 Å². The summed E-state index contributed by atoms with van der Waals surface area (Å²) >= 11 is 0. The number of ether oxygens (including phenoxy) is 1. The van der Waals surface area contributed by atoms with E-state index in [0.717, 1.165) is 28.1 Å². The average Bonchev–Trinajstić information content (AvgIpc) is 2.59. The zero-order chi connectivity index (χ0) is 18.4. The van der Waals surface area contributed by atoms with E-state index < -0.39 is 6.09 Å². The molecule has 0 aliphatic heterocycles. The van der Waals surface area contributed by atoms with Gasteiger partial charge < -0.3 is 9.64 Å². The molecule has 0 unspecified atom stereocenters. The lowest BCUT2D eigenvalue weighted by Gasteiger charge is -2.25. The Balaban J connectivity index is 2.30. The van der Waals surface area contributed by atoms with Crippen molar-refractivity contribution in [2.75, 3.05) is 23.9 Å². The van der Waals surface area contributed by atoms with E-state index in [2.05, 4.69) is 16.0 Å². The fourth-order valence-corrected chi connectivity index (χ4v) is 2.63. The van der Waals surface area contributed by atoms with Gasteiger partial charge in [0.1, 0.15) is 5.82 Å². The zero-order valence-corrected chi connectivity index (χ0v) is 14.6. The van der Waals surface area contributed by atoms with Gasteiger partial charge in [-0.1, -0.05) is 18.1 Å². The number of aryl methyl sites for hydroxylation is 2. The van der Waals surface area contributed by atoms with Gasteiger partial charge in [-0.3, -0.25) is 5.32 Å². The molecule has 1 amide bonds. The highest BCUT2D eigenvalue weighted by molar-refractivity contribution is 5.87. The Kier molecular flexibility index (Phi) is 6.02. The van der Waals surface area contributed by atoms with Crippen molar-refractivity contribution in [2.45, 2.75) is 20.4 Å². The number of carbonyl (C=O) groups is 1. The zero-order valence-electron chi connectivity index (χ0n) is 14.6. The lowest BCUT2D eigenvalue weighted by Crippen LogP contribution is -2.23. The van der Waals surface area contributed by atoms with Crippen LogP contribution >= 0.6 is 0 Å². The SMILES string of the molecule is C#CCN(Cc1ccc(F)cc1)c1cc(C)c(NC(=O)OC)c(C)c1. The predicted molar refractivity (Wildman–Crippen MR) is 98.2 cm³/mol. The molecule has 0 saturated heterocycles. The van der Waals surface area contributed by atoms with Crippen LogP contribution in [0.25, 0.3) is 0 Å².